The molecule has 4 aromatic carbocycles. The second kappa shape index (κ2) is 15.8. The first-order valence-electron chi connectivity index (χ1n) is 15.8. The van der Waals surface area contributed by atoms with E-state index < -0.39 is 28.5 Å². The SMILES string of the molecule is Cc1cccc(CN(C(=O)CN(c2ccc(Cl)c(Cl)c2)S(=O)(=O)c2ccccc2)[C@H](Cc2ccccc2)C(=O)NC2CCCCC2)c1. The van der Waals surface area contributed by atoms with Gasteiger partial charge in [-0.05, 0) is 61.2 Å². The molecule has 0 heterocycles. The maximum atomic E-state index is 14.7. The quantitative estimate of drug-likeness (QED) is 0.166. The van der Waals surface area contributed by atoms with Crippen LogP contribution in [0.5, 0.6) is 0 Å². The van der Waals surface area contributed by atoms with Crippen molar-refractivity contribution in [2.24, 2.45) is 0 Å². The molecule has 1 aliphatic rings. The summed E-state index contributed by atoms with van der Waals surface area (Å²) >= 11 is 12.5. The number of hydrogen-bond acceptors (Lipinski definition) is 4. The van der Waals surface area contributed by atoms with E-state index in [2.05, 4.69) is 5.32 Å². The minimum Gasteiger partial charge on any atom is -0.352 e. The van der Waals surface area contributed by atoms with Crippen molar-refractivity contribution in [3.63, 3.8) is 0 Å². The molecule has 47 heavy (non-hydrogen) atoms. The van der Waals surface area contributed by atoms with Gasteiger partial charge in [-0.15, -0.1) is 0 Å². The molecule has 246 valence electrons. The maximum absolute atomic E-state index is 14.7. The van der Waals surface area contributed by atoms with Crippen LogP contribution in [0.4, 0.5) is 5.69 Å². The van der Waals surface area contributed by atoms with E-state index in [-0.39, 0.29) is 45.5 Å². The van der Waals surface area contributed by atoms with E-state index >= 15 is 0 Å². The van der Waals surface area contributed by atoms with Crippen LogP contribution in [-0.4, -0.2) is 43.8 Å². The second-order valence-corrected chi connectivity index (χ2v) is 14.7. The summed E-state index contributed by atoms with van der Waals surface area (Å²) in [6.45, 7) is 1.51. The molecule has 10 heteroatoms. The van der Waals surface area contributed by atoms with Gasteiger partial charge in [0.2, 0.25) is 11.8 Å². The van der Waals surface area contributed by atoms with Crippen molar-refractivity contribution in [3.05, 3.63) is 130 Å². The summed E-state index contributed by atoms with van der Waals surface area (Å²) in [4.78, 5) is 30.4. The lowest BCUT2D eigenvalue weighted by Crippen LogP contribution is -2.55. The van der Waals surface area contributed by atoms with E-state index in [0.717, 1.165) is 53.1 Å². The van der Waals surface area contributed by atoms with Gasteiger partial charge in [-0.3, -0.25) is 13.9 Å². The van der Waals surface area contributed by atoms with Gasteiger partial charge in [-0.25, -0.2) is 8.42 Å². The zero-order chi connectivity index (χ0) is 33.4. The number of halogens is 2. The fourth-order valence-corrected chi connectivity index (χ4v) is 7.71. The molecule has 0 aliphatic heterocycles. The van der Waals surface area contributed by atoms with Gasteiger partial charge in [0.15, 0.2) is 0 Å². The number of amides is 2. The number of carbonyl (C=O) groups is 2. The average molecular weight is 693 g/mol. The topological polar surface area (TPSA) is 86.8 Å². The summed E-state index contributed by atoms with van der Waals surface area (Å²) < 4.78 is 29.3. The molecule has 1 N–H and O–H groups in total. The summed E-state index contributed by atoms with van der Waals surface area (Å²) in [6.07, 6.45) is 5.24. The van der Waals surface area contributed by atoms with Crippen molar-refractivity contribution in [1.82, 2.24) is 10.2 Å². The number of hydrogen-bond donors (Lipinski definition) is 1. The first-order chi connectivity index (χ1) is 22.6. The van der Waals surface area contributed by atoms with E-state index in [1.165, 1.54) is 35.2 Å². The van der Waals surface area contributed by atoms with Crippen molar-refractivity contribution in [2.45, 2.75) is 69.0 Å². The van der Waals surface area contributed by atoms with Gasteiger partial charge in [-0.2, -0.15) is 0 Å². The minimum absolute atomic E-state index is 0.0139. The molecule has 0 radical (unpaired) electrons. The third-order valence-corrected chi connectivity index (χ3v) is 11.0. The molecule has 0 unspecified atom stereocenters. The Bertz CT molecular complexity index is 1780. The van der Waals surface area contributed by atoms with Crippen molar-refractivity contribution < 1.29 is 18.0 Å². The fourth-order valence-electron chi connectivity index (χ4n) is 5.99. The number of aryl methyl sites for hydroxylation is 1. The third kappa shape index (κ3) is 8.95. The second-order valence-electron chi connectivity index (χ2n) is 12.0. The number of benzene rings is 4. The largest absolute Gasteiger partial charge is 0.352 e. The van der Waals surface area contributed by atoms with Gasteiger partial charge in [0.05, 0.1) is 20.6 Å². The predicted molar refractivity (Wildman–Crippen MR) is 188 cm³/mol. The summed E-state index contributed by atoms with van der Waals surface area (Å²) in [7, 11) is -4.24. The highest BCUT2D eigenvalue weighted by molar-refractivity contribution is 7.92. The first-order valence-corrected chi connectivity index (χ1v) is 18.0. The minimum atomic E-state index is -4.24. The average Bonchev–Trinajstić information content (AvgIpc) is 3.07. The van der Waals surface area contributed by atoms with Crippen molar-refractivity contribution in [2.75, 3.05) is 10.8 Å². The third-order valence-electron chi connectivity index (χ3n) is 8.46. The number of rotatable bonds is 12. The zero-order valence-electron chi connectivity index (χ0n) is 26.3. The summed E-state index contributed by atoms with van der Waals surface area (Å²) in [5.41, 5.74) is 2.90. The number of carbonyl (C=O) groups excluding carboxylic acids is 2. The molecular weight excluding hydrogens is 653 g/mol. The number of nitrogens with zero attached hydrogens (tertiary/aromatic N) is 2. The molecule has 1 atom stereocenters. The molecule has 0 aromatic heterocycles. The van der Waals surface area contributed by atoms with Crippen molar-refractivity contribution in [3.8, 4) is 0 Å². The van der Waals surface area contributed by atoms with Crippen LogP contribution < -0.4 is 9.62 Å². The maximum Gasteiger partial charge on any atom is 0.264 e. The van der Waals surface area contributed by atoms with E-state index in [9.17, 15) is 18.0 Å². The van der Waals surface area contributed by atoms with Crippen LogP contribution >= 0.6 is 23.2 Å². The monoisotopic (exact) mass is 691 g/mol. The molecular formula is C37H39Cl2N3O4S. The molecule has 0 bridgehead atoms. The van der Waals surface area contributed by atoms with Crippen molar-refractivity contribution >= 4 is 50.7 Å². The molecule has 0 saturated heterocycles. The van der Waals surface area contributed by atoms with E-state index in [4.69, 9.17) is 23.2 Å². The van der Waals surface area contributed by atoms with Crippen LogP contribution in [0.25, 0.3) is 0 Å². The van der Waals surface area contributed by atoms with Crippen LogP contribution in [0.3, 0.4) is 0 Å². The van der Waals surface area contributed by atoms with Gasteiger partial charge in [0.25, 0.3) is 10.0 Å². The predicted octanol–water partition coefficient (Wildman–Crippen LogP) is 7.59. The smallest absolute Gasteiger partial charge is 0.264 e. The Kier molecular flexibility index (Phi) is 11.6. The molecule has 1 aliphatic carbocycles. The van der Waals surface area contributed by atoms with Gasteiger partial charge < -0.3 is 10.2 Å². The lowest BCUT2D eigenvalue weighted by Gasteiger charge is -2.35. The van der Waals surface area contributed by atoms with Crippen LogP contribution in [0, 0.1) is 6.92 Å². The van der Waals surface area contributed by atoms with Crippen LogP contribution in [0.15, 0.2) is 108 Å². The lowest BCUT2D eigenvalue weighted by molar-refractivity contribution is -0.140. The highest BCUT2D eigenvalue weighted by Crippen LogP contribution is 2.31. The van der Waals surface area contributed by atoms with E-state index in [1.807, 2.05) is 61.5 Å². The Morgan fingerprint density at radius 2 is 1.47 bits per heavy atom. The molecule has 5 rings (SSSR count). The highest BCUT2D eigenvalue weighted by Gasteiger charge is 2.35. The van der Waals surface area contributed by atoms with Gasteiger partial charge in [-0.1, -0.05) is 121 Å². The van der Waals surface area contributed by atoms with Crippen molar-refractivity contribution in [1.29, 1.82) is 0 Å². The van der Waals surface area contributed by atoms with Crippen LogP contribution in [0.2, 0.25) is 10.0 Å². The lowest BCUT2D eigenvalue weighted by atomic mass is 9.94. The Labute approximate surface area is 287 Å². The Balaban J connectivity index is 1.57. The number of nitrogens with one attached hydrogen (secondary N) is 1. The number of anilines is 1. The van der Waals surface area contributed by atoms with E-state index in [1.54, 1.807) is 18.2 Å². The zero-order valence-corrected chi connectivity index (χ0v) is 28.6. The fraction of sp³-hybridized carbons (Fsp3) is 0.297. The molecule has 1 saturated carbocycles. The summed E-state index contributed by atoms with van der Waals surface area (Å²) in [5, 5.41) is 3.63. The molecule has 0 spiro atoms. The number of sulfonamides is 1. The van der Waals surface area contributed by atoms with Gasteiger partial charge >= 0.3 is 0 Å². The van der Waals surface area contributed by atoms with Crippen LogP contribution in [0.1, 0.15) is 48.8 Å². The standard InChI is InChI=1S/C37H39Cl2N3O4S/c1-27-12-11-15-29(22-27)25-41(35(23-28-13-5-2-6-14-28)37(44)40-30-16-7-3-8-17-30)36(43)26-42(31-20-21-33(38)34(39)24-31)47(45,46)32-18-9-4-10-19-32/h2,4-6,9-15,18-22,24,30,35H,3,7-8,16-17,23,25-26H2,1H3,(H,40,44)/t35-/m1/s1. The molecule has 4 aromatic rings. The Morgan fingerprint density at radius 3 is 2.13 bits per heavy atom. The summed E-state index contributed by atoms with van der Waals surface area (Å²) in [6, 6.07) is 28.8. The van der Waals surface area contributed by atoms with E-state index in [0.29, 0.717) is 0 Å². The Morgan fingerprint density at radius 1 is 0.809 bits per heavy atom. The molecule has 2 amide bonds. The molecule has 1 fully saturated rings. The first kappa shape index (κ1) is 34.5. The highest BCUT2D eigenvalue weighted by atomic mass is 35.5. The van der Waals surface area contributed by atoms with Crippen LogP contribution in [-0.2, 0) is 32.6 Å². The van der Waals surface area contributed by atoms with Gasteiger partial charge in [0.1, 0.15) is 12.6 Å². The Hall–Kier alpha value is -3.85. The summed E-state index contributed by atoms with van der Waals surface area (Å²) in [5.74, 6) is -0.787. The van der Waals surface area contributed by atoms with Gasteiger partial charge in [0, 0.05) is 19.0 Å². The molecule has 7 nitrogen and oxygen atoms in total. The normalized spacial score (nSPS) is 14.3.